The lowest BCUT2D eigenvalue weighted by Crippen LogP contribution is -2.26. The molecule has 2 aliphatic rings. The fourth-order valence-corrected chi connectivity index (χ4v) is 2.72. The number of hydrogen-bond acceptors (Lipinski definition) is 1. The van der Waals surface area contributed by atoms with E-state index in [4.69, 9.17) is 0 Å². The van der Waals surface area contributed by atoms with E-state index in [-0.39, 0.29) is 0 Å². The lowest BCUT2D eigenvalue weighted by molar-refractivity contribution is 0.203. The summed E-state index contributed by atoms with van der Waals surface area (Å²) in [6.45, 7) is 8.50. The summed E-state index contributed by atoms with van der Waals surface area (Å²) in [5.74, 6) is 0.935. The highest BCUT2D eigenvalue weighted by molar-refractivity contribution is 5.06. The van der Waals surface area contributed by atoms with Crippen LogP contribution >= 0.6 is 0 Å². The van der Waals surface area contributed by atoms with Gasteiger partial charge < -0.3 is 5.32 Å². The molecule has 0 amide bonds. The molecule has 1 heterocycles. The van der Waals surface area contributed by atoms with Crippen molar-refractivity contribution in [1.82, 2.24) is 5.32 Å². The van der Waals surface area contributed by atoms with Crippen LogP contribution in [0.15, 0.2) is 0 Å². The van der Waals surface area contributed by atoms with Gasteiger partial charge in [0, 0.05) is 12.1 Å². The predicted molar refractivity (Wildman–Crippen MR) is 56.8 cm³/mol. The third-order valence-electron chi connectivity index (χ3n) is 4.00. The molecule has 1 nitrogen and oxygen atoms in total. The van der Waals surface area contributed by atoms with Gasteiger partial charge in [0.2, 0.25) is 0 Å². The minimum atomic E-state index is 0.515. The molecule has 0 aromatic rings. The lowest BCUT2D eigenvalue weighted by Gasteiger charge is -2.31. The van der Waals surface area contributed by atoms with Crippen LogP contribution in [0.2, 0.25) is 0 Å². The van der Waals surface area contributed by atoms with Crippen LogP contribution in [0, 0.1) is 11.3 Å². The van der Waals surface area contributed by atoms with Crippen molar-refractivity contribution in [1.29, 1.82) is 0 Å². The summed E-state index contributed by atoms with van der Waals surface area (Å²) in [7, 11) is 0. The standard InChI is InChI=1S/C12H23N/c1-11(2,3)10-6-4-5-7-12(8-10)9-13-12/h10,13H,4-9H2,1-3H3/t10-,12-/m1/s1. The zero-order chi connectivity index (χ0) is 9.53. The van der Waals surface area contributed by atoms with Crippen LogP contribution in [0.4, 0.5) is 0 Å². The quantitative estimate of drug-likeness (QED) is 0.570. The Morgan fingerprint density at radius 3 is 2.46 bits per heavy atom. The monoisotopic (exact) mass is 181 g/mol. The van der Waals surface area contributed by atoms with E-state index in [1.807, 2.05) is 0 Å². The molecule has 1 aliphatic heterocycles. The molecular weight excluding hydrogens is 158 g/mol. The van der Waals surface area contributed by atoms with E-state index in [1.165, 1.54) is 38.6 Å². The number of nitrogens with one attached hydrogen (secondary N) is 1. The molecule has 1 N–H and O–H groups in total. The zero-order valence-electron chi connectivity index (χ0n) is 9.32. The average Bonchev–Trinajstić information content (AvgIpc) is 2.78. The maximum atomic E-state index is 3.59. The van der Waals surface area contributed by atoms with Crippen LogP contribution in [0.5, 0.6) is 0 Å². The van der Waals surface area contributed by atoms with Gasteiger partial charge in [-0.15, -0.1) is 0 Å². The first-order valence-electron chi connectivity index (χ1n) is 5.77. The first-order valence-corrected chi connectivity index (χ1v) is 5.77. The minimum Gasteiger partial charge on any atom is -0.308 e. The van der Waals surface area contributed by atoms with Gasteiger partial charge in [0.1, 0.15) is 0 Å². The summed E-state index contributed by atoms with van der Waals surface area (Å²) in [4.78, 5) is 0. The van der Waals surface area contributed by atoms with Gasteiger partial charge in [0.05, 0.1) is 0 Å². The van der Waals surface area contributed by atoms with Gasteiger partial charge in [-0.1, -0.05) is 33.6 Å². The number of rotatable bonds is 0. The molecular formula is C12H23N. The van der Waals surface area contributed by atoms with E-state index < -0.39 is 0 Å². The first-order chi connectivity index (χ1) is 6.02. The van der Waals surface area contributed by atoms with E-state index in [0.29, 0.717) is 11.0 Å². The van der Waals surface area contributed by atoms with Crippen molar-refractivity contribution in [2.45, 2.75) is 58.4 Å². The molecule has 1 saturated heterocycles. The van der Waals surface area contributed by atoms with Gasteiger partial charge in [0.15, 0.2) is 0 Å². The molecule has 1 heteroatoms. The predicted octanol–water partition coefficient (Wildman–Crippen LogP) is 2.95. The molecule has 0 radical (unpaired) electrons. The second-order valence-electron chi connectivity index (χ2n) is 6.15. The second-order valence-corrected chi connectivity index (χ2v) is 6.15. The summed E-state index contributed by atoms with van der Waals surface area (Å²) in [6, 6.07) is 0. The fourth-order valence-electron chi connectivity index (χ4n) is 2.72. The summed E-state index contributed by atoms with van der Waals surface area (Å²) in [5, 5.41) is 3.59. The van der Waals surface area contributed by atoms with Gasteiger partial charge in [0.25, 0.3) is 0 Å². The smallest absolute Gasteiger partial charge is 0.0310 e. The van der Waals surface area contributed by atoms with Crippen molar-refractivity contribution in [2.24, 2.45) is 11.3 Å². The minimum absolute atomic E-state index is 0.515. The van der Waals surface area contributed by atoms with Gasteiger partial charge in [-0.3, -0.25) is 0 Å². The van der Waals surface area contributed by atoms with E-state index in [1.54, 1.807) is 0 Å². The Balaban J connectivity index is 2.03. The largest absolute Gasteiger partial charge is 0.308 e. The molecule has 76 valence electrons. The molecule has 0 aromatic carbocycles. The van der Waals surface area contributed by atoms with Crippen molar-refractivity contribution in [3.8, 4) is 0 Å². The second kappa shape index (κ2) is 2.98. The van der Waals surface area contributed by atoms with Crippen LogP contribution in [0.3, 0.4) is 0 Å². The average molecular weight is 181 g/mol. The van der Waals surface area contributed by atoms with Gasteiger partial charge in [-0.2, -0.15) is 0 Å². The third-order valence-corrected chi connectivity index (χ3v) is 4.00. The van der Waals surface area contributed by atoms with Crippen molar-refractivity contribution < 1.29 is 0 Å². The highest BCUT2D eigenvalue weighted by atomic mass is 15.2. The van der Waals surface area contributed by atoms with E-state index >= 15 is 0 Å². The van der Waals surface area contributed by atoms with Crippen molar-refractivity contribution in [2.75, 3.05) is 6.54 Å². The van der Waals surface area contributed by atoms with E-state index in [0.717, 1.165) is 5.92 Å². The SMILES string of the molecule is CC(C)(C)[C@@H]1CCCC[C@]2(CN2)C1. The maximum Gasteiger partial charge on any atom is 0.0310 e. The number of hydrogen-bond donors (Lipinski definition) is 1. The molecule has 1 saturated carbocycles. The molecule has 0 aromatic heterocycles. The fraction of sp³-hybridized carbons (Fsp3) is 1.00. The third kappa shape index (κ3) is 2.07. The molecule has 1 spiro atoms. The van der Waals surface area contributed by atoms with Crippen molar-refractivity contribution in [3.63, 3.8) is 0 Å². The topological polar surface area (TPSA) is 21.9 Å². The summed E-state index contributed by atoms with van der Waals surface area (Å²) in [5.41, 5.74) is 1.11. The molecule has 2 atom stereocenters. The molecule has 13 heavy (non-hydrogen) atoms. The summed E-state index contributed by atoms with van der Waals surface area (Å²) in [6.07, 6.45) is 7.20. The van der Waals surface area contributed by atoms with Crippen molar-refractivity contribution >= 4 is 0 Å². The van der Waals surface area contributed by atoms with E-state index in [2.05, 4.69) is 26.1 Å². The zero-order valence-corrected chi connectivity index (χ0v) is 9.32. The Morgan fingerprint density at radius 1 is 1.23 bits per heavy atom. The van der Waals surface area contributed by atoms with Gasteiger partial charge in [-0.05, 0) is 30.6 Å². The maximum absolute atomic E-state index is 3.59. The summed E-state index contributed by atoms with van der Waals surface area (Å²) < 4.78 is 0. The van der Waals surface area contributed by atoms with E-state index in [9.17, 15) is 0 Å². The highest BCUT2D eigenvalue weighted by Gasteiger charge is 2.46. The Kier molecular flexibility index (Phi) is 2.18. The molecule has 2 fully saturated rings. The van der Waals surface area contributed by atoms with Crippen LogP contribution in [0.1, 0.15) is 52.9 Å². The Bertz CT molecular complexity index is 186. The van der Waals surface area contributed by atoms with Crippen LogP contribution < -0.4 is 5.32 Å². The van der Waals surface area contributed by atoms with Crippen LogP contribution in [-0.4, -0.2) is 12.1 Å². The Hall–Kier alpha value is -0.0400. The first kappa shape index (κ1) is 9.51. The highest BCUT2D eigenvalue weighted by Crippen LogP contribution is 2.43. The van der Waals surface area contributed by atoms with Gasteiger partial charge in [-0.25, -0.2) is 0 Å². The van der Waals surface area contributed by atoms with Crippen molar-refractivity contribution in [3.05, 3.63) is 0 Å². The summed E-state index contributed by atoms with van der Waals surface area (Å²) >= 11 is 0. The Morgan fingerprint density at radius 2 is 1.92 bits per heavy atom. The molecule has 1 aliphatic carbocycles. The normalized spacial score (nSPS) is 40.4. The Labute approximate surface area is 82.3 Å². The molecule has 2 rings (SSSR count). The molecule has 0 bridgehead atoms. The molecule has 0 unspecified atom stereocenters. The van der Waals surface area contributed by atoms with Crippen LogP contribution in [-0.2, 0) is 0 Å². The van der Waals surface area contributed by atoms with Gasteiger partial charge >= 0.3 is 0 Å². The lowest BCUT2D eigenvalue weighted by atomic mass is 9.74. The van der Waals surface area contributed by atoms with Crippen LogP contribution in [0.25, 0.3) is 0 Å².